The number of hydrogen-bond acceptors (Lipinski definition) is 4. The predicted molar refractivity (Wildman–Crippen MR) is 105 cm³/mol. The average molecular weight is 434 g/mol. The molecule has 1 unspecified atom stereocenters. The molecule has 0 spiro atoms. The first-order valence-corrected chi connectivity index (χ1v) is 9.53. The number of nitrogens with zero attached hydrogens (tertiary/aromatic N) is 4. The molecule has 0 radical (unpaired) electrons. The van der Waals surface area contributed by atoms with Gasteiger partial charge in [0.05, 0.1) is 23.3 Å². The first-order valence-electron chi connectivity index (χ1n) is 9.15. The van der Waals surface area contributed by atoms with Crippen molar-refractivity contribution in [3.05, 3.63) is 35.2 Å². The van der Waals surface area contributed by atoms with E-state index in [9.17, 15) is 13.6 Å². The van der Waals surface area contributed by atoms with Gasteiger partial charge in [-0.1, -0.05) is 11.6 Å². The van der Waals surface area contributed by atoms with Crippen molar-refractivity contribution in [2.24, 2.45) is 0 Å². The molecule has 2 aromatic rings. The zero-order valence-corrected chi connectivity index (χ0v) is 16.9. The molecule has 2 saturated heterocycles. The molecule has 0 aliphatic carbocycles. The number of hydrogen-bond donors (Lipinski definition) is 1. The Balaban J connectivity index is 0.00000225. The third-order valence-electron chi connectivity index (χ3n) is 5.16. The summed E-state index contributed by atoms with van der Waals surface area (Å²) in [7, 11) is 0. The lowest BCUT2D eigenvalue weighted by Crippen LogP contribution is -2.45. The molecule has 4 rings (SSSR count). The molecule has 0 aromatic carbocycles. The molecule has 6 nitrogen and oxygen atoms in total. The van der Waals surface area contributed by atoms with Crippen molar-refractivity contribution >= 4 is 35.6 Å². The largest absolute Gasteiger partial charge is 0.340 e. The number of halogens is 4. The Bertz CT molecular complexity index is 846. The van der Waals surface area contributed by atoms with Gasteiger partial charge in [0.1, 0.15) is 5.65 Å². The summed E-state index contributed by atoms with van der Waals surface area (Å²) in [6.45, 7) is 2.94. The summed E-state index contributed by atoms with van der Waals surface area (Å²) >= 11 is 6.01. The van der Waals surface area contributed by atoms with Crippen molar-refractivity contribution in [3.63, 3.8) is 0 Å². The van der Waals surface area contributed by atoms with Crippen LogP contribution in [0.3, 0.4) is 0 Å². The van der Waals surface area contributed by atoms with Gasteiger partial charge in [-0.25, -0.2) is 13.8 Å². The highest BCUT2D eigenvalue weighted by Gasteiger charge is 2.43. The molecule has 10 heteroatoms. The van der Waals surface area contributed by atoms with E-state index in [4.69, 9.17) is 11.6 Å². The van der Waals surface area contributed by atoms with Gasteiger partial charge < -0.3 is 9.30 Å². The van der Waals surface area contributed by atoms with E-state index in [0.717, 1.165) is 24.3 Å². The van der Waals surface area contributed by atoms with Crippen LogP contribution in [0.4, 0.5) is 8.78 Å². The molecule has 154 valence electrons. The Morgan fingerprint density at radius 3 is 2.82 bits per heavy atom. The number of carbonyl (C=O) groups is 1. The van der Waals surface area contributed by atoms with E-state index in [1.807, 2.05) is 28.9 Å². The van der Waals surface area contributed by atoms with Gasteiger partial charge in [-0.15, -0.1) is 12.4 Å². The topological polar surface area (TPSA) is 52.9 Å². The minimum atomic E-state index is -2.79. The standard InChI is InChI=1S/C18H22ClF2N5O.ClH/c19-13-2-3-16-23-14(11-26(16)9-13)10-24-4-1-5-25(7-6-24)17(27)15-8-18(20,21)12-22-15;/h2-3,9,11,15,22H,1,4-8,10,12H2;1H. The lowest BCUT2D eigenvalue weighted by atomic mass is 10.1. The quantitative estimate of drug-likeness (QED) is 0.807. The van der Waals surface area contributed by atoms with Crippen molar-refractivity contribution in [2.75, 3.05) is 32.7 Å². The molecule has 2 aromatic heterocycles. The zero-order valence-electron chi connectivity index (χ0n) is 15.3. The number of amides is 1. The Hall–Kier alpha value is -1.48. The van der Waals surface area contributed by atoms with Crippen molar-refractivity contribution in [2.45, 2.75) is 31.4 Å². The van der Waals surface area contributed by atoms with Crippen LogP contribution in [0.2, 0.25) is 5.02 Å². The van der Waals surface area contributed by atoms with E-state index < -0.39 is 24.9 Å². The number of alkyl halides is 2. The van der Waals surface area contributed by atoms with Gasteiger partial charge in [0.2, 0.25) is 5.91 Å². The van der Waals surface area contributed by atoms with Gasteiger partial charge in [-0.3, -0.25) is 15.0 Å². The van der Waals surface area contributed by atoms with Crippen LogP contribution in [0.15, 0.2) is 24.5 Å². The van der Waals surface area contributed by atoms with Crippen molar-refractivity contribution in [3.8, 4) is 0 Å². The molecule has 4 heterocycles. The van der Waals surface area contributed by atoms with Gasteiger partial charge in [0.15, 0.2) is 0 Å². The molecule has 0 bridgehead atoms. The summed E-state index contributed by atoms with van der Waals surface area (Å²) in [5.41, 5.74) is 1.78. The molecule has 28 heavy (non-hydrogen) atoms. The monoisotopic (exact) mass is 433 g/mol. The van der Waals surface area contributed by atoms with E-state index >= 15 is 0 Å². The smallest absolute Gasteiger partial charge is 0.262 e. The lowest BCUT2D eigenvalue weighted by molar-refractivity contribution is -0.133. The van der Waals surface area contributed by atoms with Gasteiger partial charge in [0.25, 0.3) is 5.92 Å². The molecule has 1 amide bonds. The Kier molecular flexibility index (Phi) is 6.44. The predicted octanol–water partition coefficient (Wildman–Crippen LogP) is 2.44. The maximum atomic E-state index is 13.4. The summed E-state index contributed by atoms with van der Waals surface area (Å²) in [6, 6.07) is 2.91. The average Bonchev–Trinajstić information content (AvgIpc) is 3.09. The highest BCUT2D eigenvalue weighted by atomic mass is 35.5. The summed E-state index contributed by atoms with van der Waals surface area (Å²) < 4.78 is 28.6. The lowest BCUT2D eigenvalue weighted by Gasteiger charge is -2.24. The molecular weight excluding hydrogens is 411 g/mol. The third kappa shape index (κ3) is 4.74. The number of imidazole rings is 1. The second-order valence-corrected chi connectivity index (χ2v) is 7.73. The fraction of sp³-hybridized carbons (Fsp3) is 0.556. The fourth-order valence-corrected chi connectivity index (χ4v) is 3.95. The Morgan fingerprint density at radius 1 is 1.25 bits per heavy atom. The highest BCUT2D eigenvalue weighted by Crippen LogP contribution is 2.26. The van der Waals surface area contributed by atoms with Gasteiger partial charge in [0, 0.05) is 51.5 Å². The van der Waals surface area contributed by atoms with Crippen LogP contribution in [-0.4, -0.2) is 69.8 Å². The normalized spacial score (nSPS) is 22.8. The number of pyridine rings is 1. The number of fused-ring (bicyclic) bond motifs is 1. The summed E-state index contributed by atoms with van der Waals surface area (Å²) in [5.74, 6) is -3.00. The molecular formula is C18H23Cl2F2N5O. The van der Waals surface area contributed by atoms with Gasteiger partial charge in [-0.2, -0.15) is 0 Å². The molecule has 2 aliphatic rings. The van der Waals surface area contributed by atoms with Crippen LogP contribution in [0, 0.1) is 0 Å². The Morgan fingerprint density at radius 2 is 2.07 bits per heavy atom. The maximum absolute atomic E-state index is 13.4. The SMILES string of the molecule is Cl.O=C(C1CC(F)(F)CN1)N1CCCN(Cc2cn3cc(Cl)ccc3n2)CC1. The third-order valence-corrected chi connectivity index (χ3v) is 5.38. The molecule has 2 fully saturated rings. The second-order valence-electron chi connectivity index (χ2n) is 7.29. The minimum Gasteiger partial charge on any atom is -0.340 e. The first kappa shape index (κ1) is 21.2. The Labute approximate surface area is 173 Å². The number of nitrogens with one attached hydrogen (secondary N) is 1. The van der Waals surface area contributed by atoms with Crippen molar-refractivity contribution in [1.29, 1.82) is 0 Å². The van der Waals surface area contributed by atoms with E-state index in [0.29, 0.717) is 31.2 Å². The van der Waals surface area contributed by atoms with Crippen LogP contribution in [0.5, 0.6) is 0 Å². The first-order chi connectivity index (χ1) is 12.9. The van der Waals surface area contributed by atoms with Crippen LogP contribution in [-0.2, 0) is 11.3 Å². The van der Waals surface area contributed by atoms with E-state index in [1.165, 1.54) is 0 Å². The fourth-order valence-electron chi connectivity index (χ4n) is 3.78. The van der Waals surface area contributed by atoms with E-state index in [2.05, 4.69) is 15.2 Å². The molecule has 0 saturated carbocycles. The van der Waals surface area contributed by atoms with Crippen molar-refractivity contribution < 1.29 is 13.6 Å². The highest BCUT2D eigenvalue weighted by molar-refractivity contribution is 6.30. The number of carbonyl (C=O) groups excluding carboxylic acids is 1. The van der Waals surface area contributed by atoms with Crippen LogP contribution < -0.4 is 5.32 Å². The number of rotatable bonds is 3. The summed E-state index contributed by atoms with van der Waals surface area (Å²) in [5, 5.41) is 3.31. The second kappa shape index (κ2) is 8.49. The maximum Gasteiger partial charge on any atom is 0.262 e. The van der Waals surface area contributed by atoms with Crippen LogP contribution in [0.25, 0.3) is 5.65 Å². The van der Waals surface area contributed by atoms with E-state index in [1.54, 1.807) is 4.90 Å². The summed E-state index contributed by atoms with van der Waals surface area (Å²) in [6.07, 6.45) is 4.18. The summed E-state index contributed by atoms with van der Waals surface area (Å²) in [4.78, 5) is 21.1. The van der Waals surface area contributed by atoms with Crippen molar-refractivity contribution in [1.82, 2.24) is 24.5 Å². The van der Waals surface area contributed by atoms with Gasteiger partial charge in [-0.05, 0) is 18.6 Å². The number of aromatic nitrogens is 2. The molecule has 1 atom stereocenters. The molecule has 1 N–H and O–H groups in total. The van der Waals surface area contributed by atoms with Crippen LogP contribution >= 0.6 is 24.0 Å². The minimum absolute atomic E-state index is 0. The van der Waals surface area contributed by atoms with E-state index in [-0.39, 0.29) is 18.3 Å². The van der Waals surface area contributed by atoms with Gasteiger partial charge >= 0.3 is 0 Å². The zero-order chi connectivity index (χ0) is 19.0. The molecule has 2 aliphatic heterocycles. The van der Waals surface area contributed by atoms with Crippen LogP contribution in [0.1, 0.15) is 18.5 Å².